The van der Waals surface area contributed by atoms with Crippen LogP contribution in [-0.4, -0.2) is 36.5 Å². The number of carbonyl (C=O) groups is 2. The van der Waals surface area contributed by atoms with Crippen molar-refractivity contribution in [2.24, 2.45) is 0 Å². The second-order valence-corrected chi connectivity index (χ2v) is 9.96. The minimum absolute atomic E-state index is 0.218. The van der Waals surface area contributed by atoms with E-state index in [0.29, 0.717) is 37.4 Å². The molecule has 0 atom stereocenters. The van der Waals surface area contributed by atoms with E-state index in [9.17, 15) is 9.59 Å². The van der Waals surface area contributed by atoms with Crippen molar-refractivity contribution in [3.8, 4) is 5.75 Å². The van der Waals surface area contributed by atoms with E-state index in [4.69, 9.17) is 9.47 Å². The van der Waals surface area contributed by atoms with E-state index in [0.717, 1.165) is 34.3 Å². The lowest BCUT2D eigenvalue weighted by molar-refractivity contribution is 0.0953. The topological polar surface area (TPSA) is 67.9 Å². The molecule has 0 bridgehead atoms. The van der Waals surface area contributed by atoms with Crippen molar-refractivity contribution >= 4 is 17.6 Å². The molecule has 6 heteroatoms. The average Bonchev–Trinajstić information content (AvgIpc) is 3.09. The normalized spacial score (nSPS) is 12.8. The van der Waals surface area contributed by atoms with Crippen molar-refractivity contribution in [2.45, 2.75) is 67.9 Å². The first-order valence-corrected chi connectivity index (χ1v) is 15.8. The van der Waals surface area contributed by atoms with Crippen LogP contribution in [0.25, 0.3) is 5.57 Å². The van der Waals surface area contributed by atoms with Crippen LogP contribution in [-0.2, 0) is 11.3 Å². The van der Waals surface area contributed by atoms with Crippen LogP contribution in [0.2, 0.25) is 0 Å². The molecule has 0 radical (unpaired) electrons. The summed E-state index contributed by atoms with van der Waals surface area (Å²) in [4.78, 5) is 27.5. The predicted octanol–water partition coefficient (Wildman–Crippen LogP) is 9.75. The number of amides is 2. The molecule has 0 unspecified atom stereocenters. The van der Waals surface area contributed by atoms with Gasteiger partial charge in [-0.15, -0.1) is 0 Å². The number of rotatable bonds is 11. The van der Waals surface area contributed by atoms with Crippen LogP contribution >= 0.6 is 0 Å². The smallest absolute Gasteiger partial charge is 0.410 e. The fraction of sp³-hybridized carbons (Fsp3) is 0.333. The van der Waals surface area contributed by atoms with Gasteiger partial charge in [-0.25, -0.2) is 4.79 Å². The standard InChI is InChI=1S/C33H38N2O4.C4H8.C2H6/c1-5-7-8-9-13-20-38-31-29(21-26(4)22-30(31)32(36)34-23-25(3)6-2)28-16-18-35(19-17-28)33(37)39-24-27-14-11-10-12-15-27;1-3-4-2;1-2/h5,7-16,20-22H,3,6,17-19,23-24H2,1-2,4H3,(H,34,36);3-4H,1-2H3;1-2H3/b7-5-,9-8-,20-13+;4-3-;. The monoisotopic (exact) mass is 612 g/mol. The summed E-state index contributed by atoms with van der Waals surface area (Å²) < 4.78 is 11.6. The van der Waals surface area contributed by atoms with Gasteiger partial charge in [-0.1, -0.05) is 106 Å². The van der Waals surface area contributed by atoms with Crippen molar-refractivity contribution < 1.29 is 19.1 Å². The predicted molar refractivity (Wildman–Crippen MR) is 189 cm³/mol. The zero-order chi connectivity index (χ0) is 33.5. The number of aryl methyl sites for hydroxylation is 1. The first kappa shape index (κ1) is 38.4. The van der Waals surface area contributed by atoms with E-state index in [1.54, 1.807) is 17.2 Å². The number of nitrogens with zero attached hydrogens (tertiary/aromatic N) is 1. The highest BCUT2D eigenvalue weighted by Gasteiger charge is 2.24. The molecule has 1 aliphatic heterocycles. The Labute approximate surface area is 271 Å². The SMILES string of the molecule is C/C=C\C.C=C(CC)CNC(=O)c1cc(C)cc(C2=CCN(C(=O)OCc3ccccc3)CC2)c1O/C=C/C=C\C=C/C.CC. The first-order chi connectivity index (χ1) is 21.8. The number of benzene rings is 2. The molecule has 6 nitrogen and oxygen atoms in total. The van der Waals surface area contributed by atoms with E-state index in [1.165, 1.54) is 0 Å². The van der Waals surface area contributed by atoms with E-state index in [1.807, 2.05) is 133 Å². The summed E-state index contributed by atoms with van der Waals surface area (Å²) in [6.07, 6.45) is 18.0. The number of nitrogens with one attached hydrogen (secondary N) is 1. The summed E-state index contributed by atoms with van der Waals surface area (Å²) in [5.74, 6) is 0.271. The van der Waals surface area contributed by atoms with Gasteiger partial charge in [0.15, 0.2) is 0 Å². The van der Waals surface area contributed by atoms with Crippen LogP contribution in [0.4, 0.5) is 4.79 Å². The summed E-state index contributed by atoms with van der Waals surface area (Å²) in [6, 6.07) is 13.5. The van der Waals surface area contributed by atoms with Crippen molar-refractivity contribution in [2.75, 3.05) is 19.6 Å². The van der Waals surface area contributed by atoms with Gasteiger partial charge in [0.05, 0.1) is 11.8 Å². The molecule has 45 heavy (non-hydrogen) atoms. The molecule has 2 aromatic carbocycles. The molecule has 0 saturated heterocycles. The molecule has 1 heterocycles. The maximum atomic E-state index is 13.2. The molecule has 3 rings (SSSR count). The summed E-state index contributed by atoms with van der Waals surface area (Å²) in [6.45, 7) is 19.5. The summed E-state index contributed by atoms with van der Waals surface area (Å²) >= 11 is 0. The maximum Gasteiger partial charge on any atom is 0.410 e. The first-order valence-electron chi connectivity index (χ1n) is 15.8. The van der Waals surface area contributed by atoms with Gasteiger partial charge < -0.3 is 19.7 Å². The molecule has 0 saturated carbocycles. The summed E-state index contributed by atoms with van der Waals surface area (Å²) in [5, 5.41) is 2.96. The number of carbonyl (C=O) groups excluding carboxylic acids is 2. The Morgan fingerprint density at radius 1 is 0.978 bits per heavy atom. The van der Waals surface area contributed by atoms with E-state index in [2.05, 4.69) is 11.9 Å². The van der Waals surface area contributed by atoms with Crippen LogP contribution < -0.4 is 10.1 Å². The third-order valence-electron chi connectivity index (χ3n) is 6.62. The molecular weight excluding hydrogens is 560 g/mol. The Hall–Kier alpha value is -4.58. The number of hydrogen-bond donors (Lipinski definition) is 1. The van der Waals surface area contributed by atoms with Crippen LogP contribution in [0.1, 0.15) is 81.4 Å². The largest absolute Gasteiger partial charge is 0.464 e. The van der Waals surface area contributed by atoms with Crippen molar-refractivity contribution in [1.29, 1.82) is 0 Å². The maximum absolute atomic E-state index is 13.2. The highest BCUT2D eigenvalue weighted by Crippen LogP contribution is 2.35. The Kier molecular flexibility index (Phi) is 19.6. The average molecular weight is 613 g/mol. The van der Waals surface area contributed by atoms with Crippen molar-refractivity contribution in [3.05, 3.63) is 132 Å². The second kappa shape index (κ2) is 22.9. The quantitative estimate of drug-likeness (QED) is 0.156. The van der Waals surface area contributed by atoms with Gasteiger partial charge in [0, 0.05) is 25.2 Å². The van der Waals surface area contributed by atoms with E-state index >= 15 is 0 Å². The zero-order valence-electron chi connectivity index (χ0n) is 28.3. The number of hydrogen-bond acceptors (Lipinski definition) is 4. The molecule has 2 amide bonds. The van der Waals surface area contributed by atoms with Gasteiger partial charge >= 0.3 is 6.09 Å². The van der Waals surface area contributed by atoms with Crippen LogP contribution in [0.5, 0.6) is 5.75 Å². The fourth-order valence-electron chi connectivity index (χ4n) is 4.02. The molecule has 0 aliphatic carbocycles. The van der Waals surface area contributed by atoms with Crippen LogP contribution in [0.15, 0.2) is 109 Å². The van der Waals surface area contributed by atoms with Crippen LogP contribution in [0.3, 0.4) is 0 Å². The van der Waals surface area contributed by atoms with Gasteiger partial charge in [-0.2, -0.15) is 0 Å². The molecule has 1 aliphatic rings. The Balaban J connectivity index is 0.00000156. The minimum Gasteiger partial charge on any atom is -0.464 e. The third-order valence-corrected chi connectivity index (χ3v) is 6.62. The highest BCUT2D eigenvalue weighted by molar-refractivity contribution is 5.99. The van der Waals surface area contributed by atoms with E-state index in [-0.39, 0.29) is 18.6 Å². The van der Waals surface area contributed by atoms with Gasteiger partial charge in [0.1, 0.15) is 12.4 Å². The molecular formula is C39H52N2O4. The number of allylic oxidation sites excluding steroid dienone is 7. The van der Waals surface area contributed by atoms with E-state index < -0.39 is 0 Å². The summed E-state index contributed by atoms with van der Waals surface area (Å²) in [5.41, 5.74) is 5.16. The highest BCUT2D eigenvalue weighted by atomic mass is 16.6. The van der Waals surface area contributed by atoms with Crippen LogP contribution in [0, 0.1) is 6.92 Å². The van der Waals surface area contributed by atoms with Crippen molar-refractivity contribution in [3.63, 3.8) is 0 Å². The molecule has 2 aromatic rings. The van der Waals surface area contributed by atoms with Gasteiger partial charge in [0.2, 0.25) is 0 Å². The third kappa shape index (κ3) is 14.2. The Morgan fingerprint density at radius 2 is 1.67 bits per heavy atom. The van der Waals surface area contributed by atoms with Crippen molar-refractivity contribution in [1.82, 2.24) is 10.2 Å². The number of ether oxygens (including phenoxy) is 2. The van der Waals surface area contributed by atoms with Gasteiger partial charge in [0.25, 0.3) is 5.91 Å². The lowest BCUT2D eigenvalue weighted by Crippen LogP contribution is -2.35. The zero-order valence-corrected chi connectivity index (χ0v) is 28.3. The molecule has 242 valence electrons. The Morgan fingerprint density at radius 3 is 2.27 bits per heavy atom. The Bertz CT molecular complexity index is 1350. The molecule has 0 spiro atoms. The minimum atomic E-state index is -0.345. The molecule has 1 N–H and O–H groups in total. The van der Waals surface area contributed by atoms with Gasteiger partial charge in [-0.05, 0) is 75.4 Å². The fourth-order valence-corrected chi connectivity index (χ4v) is 4.02. The summed E-state index contributed by atoms with van der Waals surface area (Å²) in [7, 11) is 0. The molecule has 0 fully saturated rings. The lowest BCUT2D eigenvalue weighted by Gasteiger charge is -2.27. The lowest BCUT2D eigenvalue weighted by atomic mass is 9.94. The second-order valence-electron chi connectivity index (χ2n) is 9.96. The van der Waals surface area contributed by atoms with Gasteiger partial charge in [-0.3, -0.25) is 4.79 Å². The molecule has 0 aromatic heterocycles.